The molecule has 1 aliphatic rings. The van der Waals surface area contributed by atoms with Crippen LogP contribution >= 0.6 is 0 Å². The van der Waals surface area contributed by atoms with Crippen molar-refractivity contribution in [3.8, 4) is 0 Å². The van der Waals surface area contributed by atoms with Crippen LogP contribution in [0.25, 0.3) is 0 Å². The zero-order valence-electron chi connectivity index (χ0n) is 29.6. The van der Waals surface area contributed by atoms with Crippen molar-refractivity contribution in [2.75, 3.05) is 0 Å². The number of imide groups is 1. The number of carbonyl (C=O) groups is 6. The largest absolute Gasteiger partial charge is 0.481 e. The zero-order chi connectivity index (χ0) is 36.9. The van der Waals surface area contributed by atoms with E-state index in [1.807, 2.05) is 6.92 Å². The van der Waals surface area contributed by atoms with Crippen LogP contribution in [-0.4, -0.2) is 85.8 Å². The van der Waals surface area contributed by atoms with Crippen LogP contribution in [0.2, 0.25) is 0 Å². The number of hydrogen-bond donors (Lipinski definition) is 5. The number of unbranched alkanes of at least 4 members (excludes halogenated alkanes) is 1. The SMILES string of the molecule is CCCC[C@H](C)[C@@H](O)CC(=O)N(C(=O)[C@H](NC(=O)OC(C)(C)C)C(C(=O)O)C1CCCCC1)[C@H](Cc1ccccc1)C(=O)N[C@H](C)C(=O)O. The predicted octanol–water partition coefficient (Wildman–Crippen LogP) is 4.29. The van der Waals surface area contributed by atoms with Gasteiger partial charge in [0, 0.05) is 6.42 Å². The number of amides is 4. The summed E-state index contributed by atoms with van der Waals surface area (Å²) in [5.41, 5.74) is -0.495. The molecule has 13 nitrogen and oxygen atoms in total. The van der Waals surface area contributed by atoms with Gasteiger partial charge in [-0.1, -0.05) is 76.3 Å². The van der Waals surface area contributed by atoms with Crippen molar-refractivity contribution in [2.45, 2.75) is 136 Å². The van der Waals surface area contributed by atoms with Crippen molar-refractivity contribution in [1.82, 2.24) is 15.5 Å². The lowest BCUT2D eigenvalue weighted by molar-refractivity contribution is -0.160. The molecule has 2 rings (SSSR count). The Bertz CT molecular complexity index is 1280. The molecule has 1 unspecified atom stereocenters. The molecule has 274 valence electrons. The van der Waals surface area contributed by atoms with Gasteiger partial charge < -0.3 is 30.7 Å². The van der Waals surface area contributed by atoms with E-state index in [1.165, 1.54) is 6.92 Å². The second-order valence-corrected chi connectivity index (χ2v) is 14.2. The van der Waals surface area contributed by atoms with Crippen molar-refractivity contribution in [3.05, 3.63) is 35.9 Å². The fraction of sp³-hybridized carbons (Fsp3) is 0.667. The van der Waals surface area contributed by atoms with E-state index in [1.54, 1.807) is 58.0 Å². The molecular weight excluding hydrogens is 634 g/mol. The van der Waals surface area contributed by atoms with Gasteiger partial charge in [-0.3, -0.25) is 28.9 Å². The van der Waals surface area contributed by atoms with Gasteiger partial charge in [-0.25, -0.2) is 4.79 Å². The molecule has 1 aromatic carbocycles. The monoisotopic (exact) mass is 689 g/mol. The molecule has 0 heterocycles. The smallest absolute Gasteiger partial charge is 0.408 e. The maximum atomic E-state index is 14.8. The summed E-state index contributed by atoms with van der Waals surface area (Å²) in [5.74, 6) is -8.21. The van der Waals surface area contributed by atoms with E-state index in [2.05, 4.69) is 10.6 Å². The molecule has 4 amide bonds. The Morgan fingerprint density at radius 2 is 1.55 bits per heavy atom. The molecule has 1 saturated carbocycles. The second-order valence-electron chi connectivity index (χ2n) is 14.2. The molecule has 1 aromatic rings. The van der Waals surface area contributed by atoms with Crippen LogP contribution in [0.4, 0.5) is 4.79 Å². The van der Waals surface area contributed by atoms with Gasteiger partial charge in [-0.2, -0.15) is 0 Å². The standard InChI is InChI=1S/C36H55N3O10/c1-7-8-15-22(2)27(40)21-28(41)39(26(20-24-16-11-9-12-17-24)31(42)37-23(3)33(44)45)32(43)30(38-35(48)49-36(4,5)6)29(34(46)47)25-18-13-10-14-19-25/h9,11-12,16-17,22-23,25-27,29-30,40H,7-8,10,13-15,18-21H2,1-6H3,(H,37,42)(H,38,48)(H,44,45)(H,46,47)/t22-,23+,26+,27-,29?,30+/m0/s1. The normalized spacial score (nSPS) is 17.4. The Kier molecular flexibility index (Phi) is 16.2. The third kappa shape index (κ3) is 13.1. The minimum absolute atomic E-state index is 0.252. The first kappa shape index (κ1) is 41.2. The lowest BCUT2D eigenvalue weighted by Crippen LogP contribution is -2.63. The topological polar surface area (TPSA) is 200 Å². The number of aliphatic hydroxyl groups excluding tert-OH is 1. The quantitative estimate of drug-likeness (QED) is 0.157. The third-order valence-corrected chi connectivity index (χ3v) is 8.92. The Balaban J connectivity index is 2.76. The molecule has 5 N–H and O–H groups in total. The summed E-state index contributed by atoms with van der Waals surface area (Å²) in [6.07, 6.45) is 2.31. The lowest BCUT2D eigenvalue weighted by Gasteiger charge is -2.38. The first-order valence-electron chi connectivity index (χ1n) is 17.3. The second kappa shape index (κ2) is 19.3. The molecule has 0 aromatic heterocycles. The van der Waals surface area contributed by atoms with Gasteiger partial charge in [0.25, 0.3) is 5.91 Å². The summed E-state index contributed by atoms with van der Waals surface area (Å²) in [6.45, 7) is 9.76. The van der Waals surface area contributed by atoms with Crippen molar-refractivity contribution in [2.24, 2.45) is 17.8 Å². The number of ether oxygens (including phenoxy) is 1. The summed E-state index contributed by atoms with van der Waals surface area (Å²) in [5, 5.41) is 35.9. The van der Waals surface area contributed by atoms with Crippen LogP contribution < -0.4 is 10.6 Å². The van der Waals surface area contributed by atoms with E-state index in [0.29, 0.717) is 42.6 Å². The first-order chi connectivity index (χ1) is 23.0. The van der Waals surface area contributed by atoms with Crippen LogP contribution in [0.5, 0.6) is 0 Å². The van der Waals surface area contributed by atoms with E-state index >= 15 is 0 Å². The van der Waals surface area contributed by atoms with Crippen LogP contribution in [0.3, 0.4) is 0 Å². The number of carbonyl (C=O) groups excluding carboxylic acids is 4. The van der Waals surface area contributed by atoms with Crippen LogP contribution in [-0.2, 0) is 35.1 Å². The fourth-order valence-corrected chi connectivity index (χ4v) is 6.16. The van der Waals surface area contributed by atoms with Gasteiger partial charge in [0.2, 0.25) is 11.8 Å². The van der Waals surface area contributed by atoms with Crippen molar-refractivity contribution < 1.29 is 48.8 Å². The minimum atomic E-state index is -1.84. The molecule has 0 aliphatic heterocycles. The Hall–Kier alpha value is -4.00. The number of hydrogen-bond acceptors (Lipinski definition) is 8. The molecule has 1 fully saturated rings. The van der Waals surface area contributed by atoms with Crippen LogP contribution in [0, 0.1) is 17.8 Å². The Morgan fingerprint density at radius 3 is 2.08 bits per heavy atom. The Morgan fingerprint density at radius 1 is 0.939 bits per heavy atom. The van der Waals surface area contributed by atoms with E-state index in [9.17, 15) is 44.1 Å². The van der Waals surface area contributed by atoms with E-state index in [-0.39, 0.29) is 12.3 Å². The maximum Gasteiger partial charge on any atom is 0.408 e. The first-order valence-corrected chi connectivity index (χ1v) is 17.3. The molecule has 49 heavy (non-hydrogen) atoms. The number of carboxylic acid groups (broad SMARTS) is 2. The van der Waals surface area contributed by atoms with E-state index in [0.717, 1.165) is 19.3 Å². The highest BCUT2D eigenvalue weighted by molar-refractivity contribution is 6.05. The van der Waals surface area contributed by atoms with Crippen molar-refractivity contribution in [1.29, 1.82) is 0 Å². The number of aliphatic hydroxyl groups is 1. The summed E-state index contributed by atoms with van der Waals surface area (Å²) < 4.78 is 5.41. The van der Waals surface area contributed by atoms with Gasteiger partial charge in [0.15, 0.2) is 0 Å². The van der Waals surface area contributed by atoms with E-state index in [4.69, 9.17) is 4.74 Å². The maximum absolute atomic E-state index is 14.8. The minimum Gasteiger partial charge on any atom is -0.481 e. The number of aliphatic carboxylic acids is 2. The van der Waals surface area contributed by atoms with E-state index < -0.39 is 83.8 Å². The van der Waals surface area contributed by atoms with Gasteiger partial charge in [-0.05, 0) is 64.4 Å². The Labute approximate surface area is 289 Å². The molecule has 0 saturated heterocycles. The fourth-order valence-electron chi connectivity index (χ4n) is 6.16. The zero-order valence-corrected chi connectivity index (χ0v) is 29.6. The van der Waals surface area contributed by atoms with Crippen molar-refractivity contribution in [3.63, 3.8) is 0 Å². The highest BCUT2D eigenvalue weighted by Gasteiger charge is 2.47. The molecule has 0 bridgehead atoms. The lowest BCUT2D eigenvalue weighted by atomic mass is 9.76. The van der Waals surface area contributed by atoms with Gasteiger partial charge in [-0.15, -0.1) is 0 Å². The summed E-state index contributed by atoms with van der Waals surface area (Å²) >= 11 is 0. The number of benzene rings is 1. The average molecular weight is 690 g/mol. The summed E-state index contributed by atoms with van der Waals surface area (Å²) in [4.78, 5) is 81.5. The average Bonchev–Trinajstić information content (AvgIpc) is 3.02. The highest BCUT2D eigenvalue weighted by atomic mass is 16.6. The number of nitrogens with zero attached hydrogens (tertiary/aromatic N) is 1. The molecular formula is C36H55N3O10. The predicted molar refractivity (Wildman–Crippen MR) is 181 cm³/mol. The van der Waals surface area contributed by atoms with Gasteiger partial charge in [0.1, 0.15) is 23.7 Å². The van der Waals surface area contributed by atoms with Crippen LogP contribution in [0.1, 0.15) is 105 Å². The number of carboxylic acids is 2. The molecule has 13 heteroatoms. The molecule has 6 atom stereocenters. The molecule has 0 radical (unpaired) electrons. The van der Waals surface area contributed by atoms with Crippen LogP contribution in [0.15, 0.2) is 30.3 Å². The number of nitrogens with one attached hydrogen (secondary N) is 2. The summed E-state index contributed by atoms with van der Waals surface area (Å²) in [6, 6.07) is 3.53. The molecule has 0 spiro atoms. The van der Waals surface area contributed by atoms with Gasteiger partial charge in [0.05, 0.1) is 18.4 Å². The molecule has 1 aliphatic carbocycles. The van der Waals surface area contributed by atoms with Gasteiger partial charge >= 0.3 is 18.0 Å². The number of rotatable bonds is 17. The third-order valence-electron chi connectivity index (χ3n) is 8.92. The number of alkyl carbamates (subject to hydrolysis) is 1. The van der Waals surface area contributed by atoms with Crippen molar-refractivity contribution >= 4 is 35.8 Å². The summed E-state index contributed by atoms with van der Waals surface area (Å²) in [7, 11) is 0. The highest BCUT2D eigenvalue weighted by Crippen LogP contribution is 2.33.